The molecule has 2 aromatic rings. The molecule has 0 atom stereocenters. The molecular weight excluding hydrogens is 376 g/mol. The highest BCUT2D eigenvalue weighted by Crippen LogP contribution is 2.32. The third kappa shape index (κ3) is 5.14. The number of aromatic nitrogens is 2. The van der Waals surface area contributed by atoms with E-state index in [1.807, 2.05) is 44.2 Å². The van der Waals surface area contributed by atoms with Crippen molar-refractivity contribution in [2.45, 2.75) is 45.3 Å². The second-order valence-electron chi connectivity index (χ2n) is 7.28. The van der Waals surface area contributed by atoms with Crippen molar-refractivity contribution >= 4 is 23.5 Å². The van der Waals surface area contributed by atoms with Crippen LogP contribution >= 0.6 is 0 Å². The molecule has 152 valence electrons. The number of fused-ring (bicyclic) bond motifs is 1. The van der Waals surface area contributed by atoms with Crippen LogP contribution in [0.4, 0.5) is 5.82 Å². The molecule has 29 heavy (non-hydrogen) atoms. The van der Waals surface area contributed by atoms with Crippen molar-refractivity contribution in [3.05, 3.63) is 41.6 Å². The number of aliphatic carboxylic acids is 2. The van der Waals surface area contributed by atoms with E-state index in [0.717, 1.165) is 11.3 Å². The zero-order valence-corrected chi connectivity index (χ0v) is 16.2. The predicted molar refractivity (Wildman–Crippen MR) is 106 cm³/mol. The molecule has 0 aliphatic carbocycles. The molecule has 0 fully saturated rings. The second-order valence-corrected chi connectivity index (χ2v) is 7.28. The van der Waals surface area contributed by atoms with Gasteiger partial charge in [0.2, 0.25) is 0 Å². The zero-order valence-electron chi connectivity index (χ0n) is 16.2. The number of nitrogens with one attached hydrogen (secondary N) is 1. The van der Waals surface area contributed by atoms with Crippen molar-refractivity contribution in [2.75, 3.05) is 5.43 Å². The van der Waals surface area contributed by atoms with Gasteiger partial charge in [-0.1, -0.05) is 30.3 Å². The van der Waals surface area contributed by atoms with Crippen LogP contribution in [0, 0.1) is 0 Å². The van der Waals surface area contributed by atoms with Gasteiger partial charge in [0.05, 0.1) is 24.3 Å². The number of hydrazone groups is 1. The van der Waals surface area contributed by atoms with E-state index in [2.05, 4.69) is 20.5 Å². The maximum atomic E-state index is 11.4. The first-order chi connectivity index (χ1) is 13.7. The Morgan fingerprint density at radius 2 is 1.90 bits per heavy atom. The minimum Gasteiger partial charge on any atom is -0.481 e. The van der Waals surface area contributed by atoms with Crippen LogP contribution < -0.4 is 5.43 Å². The molecule has 1 aliphatic heterocycles. The van der Waals surface area contributed by atoms with Gasteiger partial charge < -0.3 is 14.9 Å². The van der Waals surface area contributed by atoms with E-state index >= 15 is 0 Å². The van der Waals surface area contributed by atoms with Gasteiger partial charge in [-0.3, -0.25) is 10.2 Å². The summed E-state index contributed by atoms with van der Waals surface area (Å²) in [4.78, 5) is 31.3. The van der Waals surface area contributed by atoms with Crippen molar-refractivity contribution in [2.24, 2.45) is 5.10 Å². The highest BCUT2D eigenvalue weighted by molar-refractivity contribution is 6.35. The Morgan fingerprint density at radius 3 is 2.55 bits per heavy atom. The highest BCUT2D eigenvalue weighted by Gasteiger charge is 2.30. The monoisotopic (exact) mass is 398 g/mol. The number of carbonyl (C=O) groups is 2. The predicted octanol–water partition coefficient (Wildman–Crippen LogP) is 2.71. The fourth-order valence-corrected chi connectivity index (χ4v) is 2.92. The molecule has 0 bridgehead atoms. The van der Waals surface area contributed by atoms with Gasteiger partial charge in [0.25, 0.3) is 0 Å². The van der Waals surface area contributed by atoms with Gasteiger partial charge in [-0.25, -0.2) is 14.8 Å². The maximum Gasteiger partial charge on any atom is 0.352 e. The first-order valence-electron chi connectivity index (χ1n) is 9.12. The van der Waals surface area contributed by atoms with Crippen molar-refractivity contribution in [3.8, 4) is 11.4 Å². The normalized spacial score (nSPS) is 15.4. The Morgan fingerprint density at radius 1 is 1.17 bits per heavy atom. The molecule has 0 saturated heterocycles. The standard InChI is InChI=1S/C20H22N4O5/c1-20(2)10-15-13(11-29-20)18(22-17(21-15)12-6-4-3-5-7-12)24-23-14(19(27)28)8-9-16(25)26/h3-7H,8-11H2,1-2H3,(H,25,26)(H,27,28)(H,21,22,24)/b23-14-. The molecule has 0 amide bonds. The Kier molecular flexibility index (Phi) is 5.88. The molecule has 9 nitrogen and oxygen atoms in total. The molecule has 1 aromatic carbocycles. The fraction of sp³-hybridized carbons (Fsp3) is 0.350. The van der Waals surface area contributed by atoms with Crippen LogP contribution in [0.25, 0.3) is 11.4 Å². The molecule has 3 rings (SSSR count). The van der Waals surface area contributed by atoms with Gasteiger partial charge >= 0.3 is 11.9 Å². The Balaban J connectivity index is 1.99. The number of benzene rings is 1. The molecule has 0 saturated carbocycles. The van der Waals surface area contributed by atoms with Gasteiger partial charge in [0, 0.05) is 24.0 Å². The van der Waals surface area contributed by atoms with Gasteiger partial charge in [-0.05, 0) is 13.8 Å². The lowest BCUT2D eigenvalue weighted by Gasteiger charge is -2.31. The number of anilines is 1. The van der Waals surface area contributed by atoms with Crippen molar-refractivity contribution < 1.29 is 24.5 Å². The highest BCUT2D eigenvalue weighted by atomic mass is 16.5. The van der Waals surface area contributed by atoms with E-state index in [0.29, 0.717) is 23.6 Å². The van der Waals surface area contributed by atoms with Crippen LogP contribution in [0.5, 0.6) is 0 Å². The minimum absolute atomic E-state index is 0.208. The molecule has 0 radical (unpaired) electrons. The van der Waals surface area contributed by atoms with Crippen LogP contribution in [0.2, 0.25) is 0 Å². The number of carboxylic acids is 2. The molecule has 0 unspecified atom stereocenters. The molecule has 1 aliphatic rings. The van der Waals surface area contributed by atoms with Gasteiger partial charge in [0.1, 0.15) is 5.71 Å². The third-order valence-electron chi connectivity index (χ3n) is 4.44. The van der Waals surface area contributed by atoms with E-state index < -0.39 is 11.9 Å². The SMILES string of the molecule is CC1(C)Cc2nc(-c3ccccc3)nc(N/N=C(/CCC(=O)O)C(=O)O)c2CO1. The minimum atomic E-state index is -1.29. The average molecular weight is 398 g/mol. The van der Waals surface area contributed by atoms with Crippen LogP contribution in [0.15, 0.2) is 35.4 Å². The summed E-state index contributed by atoms with van der Waals surface area (Å²) in [5, 5.41) is 22.0. The lowest BCUT2D eigenvalue weighted by Crippen LogP contribution is -2.33. The van der Waals surface area contributed by atoms with Crippen LogP contribution in [0.3, 0.4) is 0 Å². The van der Waals surface area contributed by atoms with Crippen molar-refractivity contribution in [1.82, 2.24) is 9.97 Å². The number of rotatable bonds is 7. The molecule has 0 spiro atoms. The largest absolute Gasteiger partial charge is 0.481 e. The van der Waals surface area contributed by atoms with E-state index in [4.69, 9.17) is 9.84 Å². The van der Waals surface area contributed by atoms with Crippen LogP contribution in [-0.4, -0.2) is 43.4 Å². The fourth-order valence-electron chi connectivity index (χ4n) is 2.92. The zero-order chi connectivity index (χ0) is 21.0. The summed E-state index contributed by atoms with van der Waals surface area (Å²) < 4.78 is 5.85. The van der Waals surface area contributed by atoms with E-state index in [-0.39, 0.29) is 30.8 Å². The topological polar surface area (TPSA) is 134 Å². The van der Waals surface area contributed by atoms with Crippen LogP contribution in [-0.2, 0) is 27.4 Å². The Bertz CT molecular complexity index is 957. The summed E-state index contributed by atoms with van der Waals surface area (Å²) in [5.74, 6) is -1.55. The quantitative estimate of drug-likeness (QED) is 0.479. The van der Waals surface area contributed by atoms with E-state index in [9.17, 15) is 14.7 Å². The lowest BCUT2D eigenvalue weighted by atomic mass is 9.96. The third-order valence-corrected chi connectivity index (χ3v) is 4.44. The summed E-state index contributed by atoms with van der Waals surface area (Å²) >= 11 is 0. The lowest BCUT2D eigenvalue weighted by molar-refractivity contribution is -0.136. The Hall–Kier alpha value is -3.33. The smallest absolute Gasteiger partial charge is 0.352 e. The van der Waals surface area contributed by atoms with Gasteiger partial charge in [-0.2, -0.15) is 5.10 Å². The van der Waals surface area contributed by atoms with E-state index in [1.165, 1.54) is 0 Å². The summed E-state index contributed by atoms with van der Waals surface area (Å²) in [7, 11) is 0. The molecule has 1 aromatic heterocycles. The number of carboxylic acid groups (broad SMARTS) is 2. The van der Waals surface area contributed by atoms with Crippen molar-refractivity contribution in [1.29, 1.82) is 0 Å². The number of nitrogens with zero attached hydrogens (tertiary/aromatic N) is 3. The Labute approximate surface area is 167 Å². The number of ether oxygens (including phenoxy) is 1. The summed E-state index contributed by atoms with van der Waals surface area (Å²) in [6.45, 7) is 4.20. The molecule has 3 N–H and O–H groups in total. The molecular formula is C20H22N4O5. The number of hydrogen-bond donors (Lipinski definition) is 3. The number of hydrogen-bond acceptors (Lipinski definition) is 7. The van der Waals surface area contributed by atoms with Gasteiger partial charge in [-0.15, -0.1) is 0 Å². The first-order valence-corrected chi connectivity index (χ1v) is 9.12. The second kappa shape index (κ2) is 8.36. The summed E-state index contributed by atoms with van der Waals surface area (Å²) in [6, 6.07) is 9.42. The van der Waals surface area contributed by atoms with E-state index in [1.54, 1.807) is 0 Å². The van der Waals surface area contributed by atoms with Crippen LogP contribution in [0.1, 0.15) is 37.9 Å². The average Bonchev–Trinajstić information content (AvgIpc) is 2.66. The molecule has 9 heteroatoms. The maximum absolute atomic E-state index is 11.4. The van der Waals surface area contributed by atoms with Gasteiger partial charge in [0.15, 0.2) is 11.6 Å². The first kappa shape index (κ1) is 20.4. The summed E-state index contributed by atoms with van der Waals surface area (Å²) in [5.41, 5.74) is 4.34. The van der Waals surface area contributed by atoms with Crippen molar-refractivity contribution in [3.63, 3.8) is 0 Å². The molecule has 2 heterocycles. The summed E-state index contributed by atoms with van der Waals surface area (Å²) in [6.07, 6.45) is 0.0230.